The van der Waals surface area contributed by atoms with Crippen LogP contribution in [0.15, 0.2) is 53.4 Å². The molecule has 0 radical (unpaired) electrons. The zero-order valence-electron chi connectivity index (χ0n) is 11.9. The molecule has 0 aliphatic heterocycles. The van der Waals surface area contributed by atoms with Gasteiger partial charge in [-0.1, -0.05) is 29.8 Å². The molecular weight excluding hydrogens is 341 g/mol. The van der Waals surface area contributed by atoms with E-state index in [4.69, 9.17) is 16.3 Å². The molecule has 1 N–H and O–H groups in total. The van der Waals surface area contributed by atoms with E-state index >= 15 is 0 Å². The summed E-state index contributed by atoms with van der Waals surface area (Å²) >= 11 is 7.03. The summed E-state index contributed by atoms with van der Waals surface area (Å²) in [6, 6.07) is 13.1. The summed E-state index contributed by atoms with van der Waals surface area (Å²) in [6.07, 6.45) is 0. The van der Waals surface area contributed by atoms with Crippen LogP contribution in [0.3, 0.4) is 0 Å². The van der Waals surface area contributed by atoms with E-state index in [-0.39, 0.29) is 16.5 Å². The number of anilines is 1. The minimum absolute atomic E-state index is 0.0581. The number of nitrogens with one attached hydrogen (secondary N) is 1. The highest BCUT2D eigenvalue weighted by atomic mass is 35.5. The van der Waals surface area contributed by atoms with Gasteiger partial charge in [-0.25, -0.2) is 4.39 Å². The third-order valence-corrected chi connectivity index (χ3v) is 3.89. The number of rotatable bonds is 6. The van der Waals surface area contributed by atoms with Gasteiger partial charge in [0.25, 0.3) is 5.91 Å². The number of amides is 1. The van der Waals surface area contributed by atoms with Crippen molar-refractivity contribution >= 4 is 40.9 Å². The van der Waals surface area contributed by atoms with Gasteiger partial charge in [0.1, 0.15) is 5.82 Å². The smallest absolute Gasteiger partial charge is 0.316 e. The van der Waals surface area contributed by atoms with Gasteiger partial charge in [0.05, 0.1) is 11.4 Å². The minimum atomic E-state index is -0.635. The molecule has 2 rings (SSSR count). The molecule has 1 amide bonds. The number of thioether (sulfide) groups is 1. The fourth-order valence-corrected chi connectivity index (χ4v) is 2.52. The summed E-state index contributed by atoms with van der Waals surface area (Å²) in [6.45, 7) is -0.486. The lowest BCUT2D eigenvalue weighted by molar-refractivity contribution is -0.144. The molecule has 4 nitrogen and oxygen atoms in total. The molecule has 120 valence electrons. The van der Waals surface area contributed by atoms with Crippen molar-refractivity contribution in [3.63, 3.8) is 0 Å². The number of hydrogen-bond acceptors (Lipinski definition) is 4. The summed E-state index contributed by atoms with van der Waals surface area (Å²) in [7, 11) is 0. The van der Waals surface area contributed by atoms with E-state index < -0.39 is 24.3 Å². The summed E-state index contributed by atoms with van der Waals surface area (Å²) in [5, 5.41) is 2.59. The average molecular weight is 354 g/mol. The summed E-state index contributed by atoms with van der Waals surface area (Å²) < 4.78 is 18.3. The molecule has 23 heavy (non-hydrogen) atoms. The topological polar surface area (TPSA) is 55.4 Å². The molecule has 2 aromatic carbocycles. The standard InChI is InChI=1S/C16H13ClFNO3S/c17-11-6-7-13(18)14(8-11)19-15(20)9-22-16(21)10-23-12-4-2-1-3-5-12/h1-8H,9-10H2,(H,19,20). The molecule has 0 aromatic heterocycles. The zero-order chi connectivity index (χ0) is 16.7. The second-order valence-corrected chi connectivity index (χ2v) is 5.92. The first-order chi connectivity index (χ1) is 11.0. The van der Waals surface area contributed by atoms with Crippen molar-refractivity contribution in [3.8, 4) is 0 Å². The normalized spacial score (nSPS) is 10.2. The first kappa shape index (κ1) is 17.3. The number of benzene rings is 2. The predicted molar refractivity (Wildman–Crippen MR) is 88.2 cm³/mol. The molecule has 0 bridgehead atoms. The number of halogens is 2. The van der Waals surface area contributed by atoms with E-state index in [0.29, 0.717) is 0 Å². The van der Waals surface area contributed by atoms with Gasteiger partial charge in [-0.3, -0.25) is 9.59 Å². The molecule has 0 aliphatic rings. The van der Waals surface area contributed by atoms with Crippen LogP contribution in [0.4, 0.5) is 10.1 Å². The number of hydrogen-bond donors (Lipinski definition) is 1. The predicted octanol–water partition coefficient (Wildman–Crippen LogP) is 3.75. The van der Waals surface area contributed by atoms with Gasteiger partial charge in [0.2, 0.25) is 0 Å². The lowest BCUT2D eigenvalue weighted by Gasteiger charge is -2.08. The van der Waals surface area contributed by atoms with E-state index in [1.54, 1.807) is 0 Å². The van der Waals surface area contributed by atoms with Gasteiger partial charge in [-0.05, 0) is 30.3 Å². The second kappa shape index (κ2) is 8.55. The summed E-state index contributed by atoms with van der Waals surface area (Å²) in [5.41, 5.74) is -0.0581. The Kier molecular flexibility index (Phi) is 6.43. The quantitative estimate of drug-likeness (QED) is 0.634. The zero-order valence-corrected chi connectivity index (χ0v) is 13.5. The van der Waals surface area contributed by atoms with Crippen LogP contribution >= 0.6 is 23.4 Å². The highest BCUT2D eigenvalue weighted by molar-refractivity contribution is 8.00. The van der Waals surface area contributed by atoms with Crippen molar-refractivity contribution in [1.82, 2.24) is 0 Å². The van der Waals surface area contributed by atoms with Crippen molar-refractivity contribution < 1.29 is 18.7 Å². The number of carbonyl (C=O) groups excluding carboxylic acids is 2. The third-order valence-electron chi connectivity index (χ3n) is 2.67. The Balaban J connectivity index is 1.75. The maximum absolute atomic E-state index is 13.5. The van der Waals surface area contributed by atoms with Gasteiger partial charge >= 0.3 is 5.97 Å². The molecule has 0 atom stereocenters. The van der Waals surface area contributed by atoms with Crippen LogP contribution in [0.2, 0.25) is 5.02 Å². The van der Waals surface area contributed by atoms with E-state index in [9.17, 15) is 14.0 Å². The largest absolute Gasteiger partial charge is 0.455 e. The maximum Gasteiger partial charge on any atom is 0.316 e. The molecule has 0 fully saturated rings. The second-order valence-electron chi connectivity index (χ2n) is 4.43. The first-order valence-corrected chi connectivity index (χ1v) is 7.99. The van der Waals surface area contributed by atoms with E-state index in [0.717, 1.165) is 11.0 Å². The Hall–Kier alpha value is -2.05. The van der Waals surface area contributed by atoms with Crippen molar-refractivity contribution in [2.75, 3.05) is 17.7 Å². The number of carbonyl (C=O) groups is 2. The van der Waals surface area contributed by atoms with Crippen LogP contribution in [-0.4, -0.2) is 24.2 Å². The molecule has 0 spiro atoms. The number of esters is 1. The lowest BCUT2D eigenvalue weighted by Crippen LogP contribution is -2.22. The monoisotopic (exact) mass is 353 g/mol. The Morgan fingerprint density at radius 3 is 2.65 bits per heavy atom. The Labute approximate surface area is 142 Å². The van der Waals surface area contributed by atoms with E-state index in [2.05, 4.69) is 5.32 Å². The summed E-state index contributed by atoms with van der Waals surface area (Å²) in [4.78, 5) is 24.2. The molecule has 0 aliphatic carbocycles. The number of ether oxygens (including phenoxy) is 1. The van der Waals surface area contributed by atoms with E-state index in [1.807, 2.05) is 30.3 Å². The van der Waals surface area contributed by atoms with Crippen molar-refractivity contribution in [3.05, 3.63) is 59.4 Å². The summed E-state index contributed by atoms with van der Waals surface area (Å²) in [5.74, 6) is -1.69. The molecule has 0 saturated heterocycles. The fourth-order valence-electron chi connectivity index (χ4n) is 1.63. The fraction of sp³-hybridized carbons (Fsp3) is 0.125. The SMILES string of the molecule is O=C(COC(=O)CSc1ccccc1)Nc1cc(Cl)ccc1F. The van der Waals surface area contributed by atoms with Gasteiger partial charge in [-0.15, -0.1) is 11.8 Å². The van der Waals surface area contributed by atoms with Crippen LogP contribution in [0.5, 0.6) is 0 Å². The minimum Gasteiger partial charge on any atom is -0.455 e. The highest BCUT2D eigenvalue weighted by Gasteiger charge is 2.11. The van der Waals surface area contributed by atoms with Crippen molar-refractivity contribution in [2.24, 2.45) is 0 Å². The van der Waals surface area contributed by atoms with Crippen LogP contribution in [0, 0.1) is 5.82 Å². The highest BCUT2D eigenvalue weighted by Crippen LogP contribution is 2.19. The van der Waals surface area contributed by atoms with Crippen LogP contribution in [0.25, 0.3) is 0 Å². The average Bonchev–Trinajstić information content (AvgIpc) is 2.55. The molecule has 7 heteroatoms. The van der Waals surface area contributed by atoms with Crippen molar-refractivity contribution in [1.29, 1.82) is 0 Å². The maximum atomic E-state index is 13.5. The Bertz CT molecular complexity index is 697. The third kappa shape index (κ3) is 5.92. The molecular formula is C16H13ClFNO3S. The first-order valence-electron chi connectivity index (χ1n) is 6.63. The van der Waals surface area contributed by atoms with Crippen molar-refractivity contribution in [2.45, 2.75) is 4.90 Å². The van der Waals surface area contributed by atoms with Gasteiger partial charge in [0.15, 0.2) is 6.61 Å². The van der Waals surface area contributed by atoms with Gasteiger partial charge in [0, 0.05) is 9.92 Å². The van der Waals surface area contributed by atoms with Gasteiger partial charge < -0.3 is 10.1 Å². The molecule has 0 unspecified atom stereocenters. The molecule has 0 saturated carbocycles. The molecule has 0 heterocycles. The molecule has 2 aromatic rings. The van der Waals surface area contributed by atoms with Crippen LogP contribution in [-0.2, 0) is 14.3 Å². The van der Waals surface area contributed by atoms with Gasteiger partial charge in [-0.2, -0.15) is 0 Å². The Morgan fingerprint density at radius 1 is 1.17 bits per heavy atom. The van der Waals surface area contributed by atoms with Crippen LogP contribution in [0.1, 0.15) is 0 Å². The lowest BCUT2D eigenvalue weighted by atomic mass is 10.3. The Morgan fingerprint density at radius 2 is 1.91 bits per heavy atom. The van der Waals surface area contributed by atoms with E-state index in [1.165, 1.54) is 23.9 Å². The van der Waals surface area contributed by atoms with Crippen LogP contribution < -0.4 is 5.32 Å².